The average Bonchev–Trinajstić information content (AvgIpc) is 2.76. The highest BCUT2D eigenvalue weighted by atomic mass is 32.1. The number of carbonyl (C=O) groups excluding carboxylic acids is 1. The molecule has 76 valence electrons. The van der Waals surface area contributed by atoms with Crippen LogP contribution in [0.4, 0.5) is 5.69 Å². The summed E-state index contributed by atoms with van der Waals surface area (Å²) >= 11 is 1.59. The van der Waals surface area contributed by atoms with Gasteiger partial charge < -0.3 is 10.6 Å². The van der Waals surface area contributed by atoms with Crippen LogP contribution in [0, 0.1) is 5.41 Å². The SMILES string of the molecule is CC1(C(=O)Nc2ccsc2)CCNC1. The predicted octanol–water partition coefficient (Wildman–Crippen LogP) is 1.69. The van der Waals surface area contributed by atoms with Gasteiger partial charge in [0.25, 0.3) is 0 Å². The van der Waals surface area contributed by atoms with E-state index in [1.165, 1.54) is 0 Å². The quantitative estimate of drug-likeness (QED) is 0.780. The summed E-state index contributed by atoms with van der Waals surface area (Å²) in [5.41, 5.74) is 0.676. The molecular weight excluding hydrogens is 196 g/mol. The molecule has 4 heteroatoms. The van der Waals surface area contributed by atoms with Gasteiger partial charge in [-0.25, -0.2) is 0 Å². The number of hydrogen-bond acceptors (Lipinski definition) is 3. The molecule has 0 bridgehead atoms. The molecule has 1 aromatic rings. The van der Waals surface area contributed by atoms with Crippen molar-refractivity contribution >= 4 is 22.9 Å². The average molecular weight is 210 g/mol. The van der Waals surface area contributed by atoms with Crippen molar-refractivity contribution < 1.29 is 4.79 Å². The highest BCUT2D eigenvalue weighted by molar-refractivity contribution is 7.08. The first-order valence-corrected chi connectivity index (χ1v) is 5.69. The Labute approximate surface area is 87.5 Å². The molecule has 2 rings (SSSR count). The number of amides is 1. The van der Waals surface area contributed by atoms with E-state index in [0.717, 1.165) is 25.2 Å². The smallest absolute Gasteiger partial charge is 0.231 e. The second-order valence-electron chi connectivity index (χ2n) is 3.95. The van der Waals surface area contributed by atoms with Gasteiger partial charge in [0.2, 0.25) is 5.91 Å². The molecule has 3 nitrogen and oxygen atoms in total. The van der Waals surface area contributed by atoms with Crippen LogP contribution in [-0.4, -0.2) is 19.0 Å². The van der Waals surface area contributed by atoms with Crippen LogP contribution in [0.3, 0.4) is 0 Å². The van der Waals surface area contributed by atoms with Crippen molar-refractivity contribution in [3.63, 3.8) is 0 Å². The minimum absolute atomic E-state index is 0.126. The van der Waals surface area contributed by atoms with Crippen molar-refractivity contribution in [2.24, 2.45) is 5.41 Å². The molecule has 0 aromatic carbocycles. The third-order valence-corrected chi connectivity index (χ3v) is 3.38. The number of carbonyl (C=O) groups is 1. The summed E-state index contributed by atoms with van der Waals surface area (Å²) in [5, 5.41) is 10.1. The van der Waals surface area contributed by atoms with Crippen LogP contribution in [0.15, 0.2) is 16.8 Å². The normalized spacial score (nSPS) is 26.4. The van der Waals surface area contributed by atoms with Gasteiger partial charge in [0.15, 0.2) is 0 Å². The van der Waals surface area contributed by atoms with E-state index in [0.29, 0.717) is 0 Å². The molecule has 1 saturated heterocycles. The molecule has 0 radical (unpaired) electrons. The zero-order valence-corrected chi connectivity index (χ0v) is 8.99. The summed E-state index contributed by atoms with van der Waals surface area (Å²) in [7, 11) is 0. The summed E-state index contributed by atoms with van der Waals surface area (Å²) in [6.45, 7) is 3.73. The number of nitrogens with one attached hydrogen (secondary N) is 2. The van der Waals surface area contributed by atoms with Crippen LogP contribution in [0.1, 0.15) is 13.3 Å². The summed E-state index contributed by atoms with van der Waals surface area (Å²) in [4.78, 5) is 11.9. The van der Waals surface area contributed by atoms with Crippen LogP contribution in [0.2, 0.25) is 0 Å². The molecular formula is C10H14N2OS. The van der Waals surface area contributed by atoms with Crippen molar-refractivity contribution in [3.8, 4) is 0 Å². The lowest BCUT2D eigenvalue weighted by Crippen LogP contribution is -2.35. The lowest BCUT2D eigenvalue weighted by Gasteiger charge is -2.20. The Morgan fingerprint density at radius 2 is 2.57 bits per heavy atom. The zero-order chi connectivity index (χ0) is 10.0. The van der Waals surface area contributed by atoms with Gasteiger partial charge in [-0.05, 0) is 31.3 Å². The molecule has 1 atom stereocenters. The van der Waals surface area contributed by atoms with Crippen LogP contribution in [-0.2, 0) is 4.79 Å². The molecule has 1 unspecified atom stereocenters. The van der Waals surface area contributed by atoms with Crippen molar-refractivity contribution in [1.82, 2.24) is 5.32 Å². The van der Waals surface area contributed by atoms with Crippen LogP contribution >= 0.6 is 11.3 Å². The van der Waals surface area contributed by atoms with E-state index in [1.807, 2.05) is 23.8 Å². The summed E-state index contributed by atoms with van der Waals surface area (Å²) in [5.74, 6) is 0.126. The van der Waals surface area contributed by atoms with E-state index >= 15 is 0 Å². The first-order chi connectivity index (χ1) is 6.71. The molecule has 0 spiro atoms. The monoisotopic (exact) mass is 210 g/mol. The Balaban J connectivity index is 2.02. The minimum Gasteiger partial charge on any atom is -0.325 e. The maximum absolute atomic E-state index is 11.9. The summed E-state index contributed by atoms with van der Waals surface area (Å²) in [6, 6.07) is 1.92. The summed E-state index contributed by atoms with van der Waals surface area (Å²) in [6.07, 6.45) is 0.920. The van der Waals surface area contributed by atoms with E-state index in [1.54, 1.807) is 11.3 Å². The maximum Gasteiger partial charge on any atom is 0.231 e. The second-order valence-corrected chi connectivity index (χ2v) is 4.73. The third kappa shape index (κ3) is 1.81. The van der Waals surface area contributed by atoms with Crippen molar-refractivity contribution in [2.45, 2.75) is 13.3 Å². The number of hydrogen-bond donors (Lipinski definition) is 2. The fourth-order valence-corrected chi connectivity index (χ4v) is 2.22. The molecule has 1 aromatic heterocycles. The Morgan fingerprint density at radius 3 is 3.14 bits per heavy atom. The van der Waals surface area contributed by atoms with Gasteiger partial charge >= 0.3 is 0 Å². The van der Waals surface area contributed by atoms with E-state index in [2.05, 4.69) is 10.6 Å². The number of thiophene rings is 1. The highest BCUT2D eigenvalue weighted by Crippen LogP contribution is 2.26. The summed E-state index contributed by atoms with van der Waals surface area (Å²) < 4.78 is 0. The maximum atomic E-state index is 11.9. The number of rotatable bonds is 2. The first kappa shape index (κ1) is 9.68. The molecule has 14 heavy (non-hydrogen) atoms. The fourth-order valence-electron chi connectivity index (χ4n) is 1.63. The second kappa shape index (κ2) is 3.71. The fraction of sp³-hybridized carbons (Fsp3) is 0.500. The minimum atomic E-state index is -0.234. The predicted molar refractivity (Wildman–Crippen MR) is 58.5 cm³/mol. The van der Waals surface area contributed by atoms with Gasteiger partial charge in [0, 0.05) is 11.9 Å². The van der Waals surface area contributed by atoms with E-state index in [4.69, 9.17) is 0 Å². The lowest BCUT2D eigenvalue weighted by atomic mass is 9.89. The molecule has 1 amide bonds. The molecule has 2 heterocycles. The van der Waals surface area contributed by atoms with Crippen molar-refractivity contribution in [2.75, 3.05) is 18.4 Å². The standard InChI is InChI=1S/C10H14N2OS/c1-10(3-4-11-7-10)9(13)12-8-2-5-14-6-8/h2,5-6,11H,3-4,7H2,1H3,(H,12,13). The molecule has 1 aliphatic rings. The van der Waals surface area contributed by atoms with Crippen molar-refractivity contribution in [3.05, 3.63) is 16.8 Å². The number of anilines is 1. The van der Waals surface area contributed by atoms with Gasteiger partial charge in [-0.2, -0.15) is 11.3 Å². The van der Waals surface area contributed by atoms with E-state index < -0.39 is 0 Å². The lowest BCUT2D eigenvalue weighted by molar-refractivity contribution is -0.123. The Bertz CT molecular complexity index is 315. The van der Waals surface area contributed by atoms with E-state index in [-0.39, 0.29) is 11.3 Å². The first-order valence-electron chi connectivity index (χ1n) is 4.75. The highest BCUT2D eigenvalue weighted by Gasteiger charge is 2.36. The molecule has 2 N–H and O–H groups in total. The van der Waals surface area contributed by atoms with E-state index in [9.17, 15) is 4.79 Å². The van der Waals surface area contributed by atoms with Crippen LogP contribution in [0.25, 0.3) is 0 Å². The molecule has 0 aliphatic carbocycles. The van der Waals surface area contributed by atoms with Crippen LogP contribution in [0.5, 0.6) is 0 Å². The molecule has 1 fully saturated rings. The van der Waals surface area contributed by atoms with Crippen molar-refractivity contribution in [1.29, 1.82) is 0 Å². The van der Waals surface area contributed by atoms with Gasteiger partial charge in [-0.1, -0.05) is 0 Å². The van der Waals surface area contributed by atoms with Crippen LogP contribution < -0.4 is 10.6 Å². The topological polar surface area (TPSA) is 41.1 Å². The molecule has 0 saturated carbocycles. The van der Waals surface area contributed by atoms with Gasteiger partial charge in [0.1, 0.15) is 0 Å². The largest absolute Gasteiger partial charge is 0.325 e. The third-order valence-electron chi connectivity index (χ3n) is 2.70. The Hall–Kier alpha value is -0.870. The van der Waals surface area contributed by atoms with Gasteiger partial charge in [-0.15, -0.1) is 0 Å². The van der Waals surface area contributed by atoms with Gasteiger partial charge in [-0.3, -0.25) is 4.79 Å². The Morgan fingerprint density at radius 1 is 1.71 bits per heavy atom. The Kier molecular flexibility index (Phi) is 2.56. The van der Waals surface area contributed by atoms with Gasteiger partial charge in [0.05, 0.1) is 11.1 Å². The zero-order valence-electron chi connectivity index (χ0n) is 8.17. The molecule has 1 aliphatic heterocycles.